The Labute approximate surface area is 440 Å². The van der Waals surface area contributed by atoms with Gasteiger partial charge in [-0.15, -0.1) is 0 Å². The summed E-state index contributed by atoms with van der Waals surface area (Å²) in [7, 11) is 5.89. The highest BCUT2D eigenvalue weighted by Gasteiger charge is 2.21. The van der Waals surface area contributed by atoms with Crippen LogP contribution in [-0.4, -0.2) is 82.3 Å². The van der Waals surface area contributed by atoms with Crippen LogP contribution in [0, 0.1) is 0 Å². The van der Waals surface area contributed by atoms with E-state index in [-0.39, 0.29) is 38.6 Å². The molecule has 0 saturated carbocycles. The lowest BCUT2D eigenvalue weighted by Crippen LogP contribution is -2.44. The van der Waals surface area contributed by atoms with Gasteiger partial charge in [-0.05, 0) is 103 Å². The quantitative estimate of drug-likeness (QED) is 0.0195. The Hall–Kier alpha value is -4.31. The maximum Gasteiger partial charge on any atom is 0.306 e. The molecule has 0 radical (unpaired) electrons. The maximum atomic E-state index is 12.8. The molecule has 408 valence electrons. The number of likely N-dealkylation sites (N-methyl/N-ethyl adjacent to an activating group) is 1. The first kappa shape index (κ1) is 67.7. The molecule has 0 aliphatic carbocycles. The molecular weight excluding hydrogens is 899 g/mol. The molecule has 2 unspecified atom stereocenters. The van der Waals surface area contributed by atoms with Crippen molar-refractivity contribution in [1.29, 1.82) is 0 Å². The van der Waals surface area contributed by atoms with Gasteiger partial charge < -0.3 is 33.3 Å². The van der Waals surface area contributed by atoms with E-state index in [0.29, 0.717) is 23.9 Å². The number of carbonyl (C=O) groups excluding carboxylic acids is 3. The second kappa shape index (κ2) is 53.0. The molecule has 0 rings (SSSR count). The van der Waals surface area contributed by atoms with Crippen LogP contribution in [0.5, 0.6) is 0 Å². The monoisotopic (exact) mass is 1000 g/mol. The van der Waals surface area contributed by atoms with E-state index in [1.54, 1.807) is 0 Å². The van der Waals surface area contributed by atoms with Gasteiger partial charge in [0.25, 0.3) is 0 Å². The number of hydrogen-bond acceptors (Lipinski definition) is 8. The van der Waals surface area contributed by atoms with E-state index in [1.165, 1.54) is 70.6 Å². The highest BCUT2D eigenvalue weighted by Crippen LogP contribution is 2.13. The molecule has 9 nitrogen and oxygen atoms in total. The standard InChI is InChI=1S/C63H103NO8/c1-6-8-10-12-14-16-18-20-22-24-26-27-28-29-30-31-32-33-34-35-36-38-40-42-44-46-48-50-52-54-61(66)72-59(58-71-63(62(67)68)69-56-55-64(3,4)5)57-70-60(65)53-51-49-47-45-43-41-39-37-25-23-21-19-17-15-13-11-9-7-2/h8,10,14,16,20,22-23,25-27,29-30,32-33,35-36,40,42,46,48,59,63H,6-7,9,11-13,15,17-19,21,24,28,31,34,37-39,41,43-45,47,49-58H2,1-5H3/b10-8-,16-14-,22-20-,25-23-,27-26-,30-29-,33-32-,36-35-,42-40-,48-46-. The predicted molar refractivity (Wildman–Crippen MR) is 301 cm³/mol. The SMILES string of the molecule is CC/C=C\C/C=C\C/C=C\C/C=C\C/C=C\C/C=C\C/C=C\C/C=C\C/C=C\CCCC(=O)OC(COC(=O)CCCCCCCCC/C=C\CCCCCCCCC)COC(OCC[N+](C)(C)C)C(=O)[O-]. The molecule has 0 aromatic carbocycles. The van der Waals surface area contributed by atoms with Gasteiger partial charge in [0, 0.05) is 12.8 Å². The number of esters is 2. The van der Waals surface area contributed by atoms with Crippen molar-refractivity contribution in [3.8, 4) is 0 Å². The van der Waals surface area contributed by atoms with Crippen LogP contribution in [0.3, 0.4) is 0 Å². The first-order chi connectivity index (χ1) is 35.1. The number of carboxylic acid groups (broad SMARTS) is 1. The predicted octanol–water partition coefficient (Wildman–Crippen LogP) is 15.2. The van der Waals surface area contributed by atoms with Crippen LogP contribution in [0.4, 0.5) is 0 Å². The van der Waals surface area contributed by atoms with Crippen molar-refractivity contribution >= 4 is 17.9 Å². The second-order valence-electron chi connectivity index (χ2n) is 19.5. The highest BCUT2D eigenvalue weighted by molar-refractivity contribution is 5.70. The minimum Gasteiger partial charge on any atom is -0.545 e. The summed E-state index contributed by atoms with van der Waals surface area (Å²) in [5.74, 6) is -2.38. The minimum absolute atomic E-state index is 0.129. The van der Waals surface area contributed by atoms with Crippen molar-refractivity contribution < 1.29 is 42.9 Å². The van der Waals surface area contributed by atoms with Gasteiger partial charge in [0.15, 0.2) is 12.4 Å². The summed E-state index contributed by atoms with van der Waals surface area (Å²) in [6, 6.07) is 0. The van der Waals surface area contributed by atoms with Crippen molar-refractivity contribution in [2.24, 2.45) is 0 Å². The van der Waals surface area contributed by atoms with Crippen molar-refractivity contribution in [1.82, 2.24) is 0 Å². The fraction of sp³-hybridized carbons (Fsp3) is 0.635. The van der Waals surface area contributed by atoms with Crippen LogP contribution in [0.1, 0.15) is 200 Å². The average Bonchev–Trinajstić information content (AvgIpc) is 3.35. The van der Waals surface area contributed by atoms with Gasteiger partial charge in [0.05, 0.1) is 40.3 Å². The number of aliphatic carboxylic acids is 1. The van der Waals surface area contributed by atoms with Gasteiger partial charge in [-0.25, -0.2) is 0 Å². The van der Waals surface area contributed by atoms with Gasteiger partial charge >= 0.3 is 11.9 Å². The number of carboxylic acids is 1. The Morgan fingerprint density at radius 3 is 1.24 bits per heavy atom. The zero-order chi connectivity index (χ0) is 52.7. The molecule has 72 heavy (non-hydrogen) atoms. The van der Waals surface area contributed by atoms with Gasteiger partial charge in [-0.3, -0.25) is 9.59 Å². The Morgan fingerprint density at radius 1 is 0.431 bits per heavy atom. The van der Waals surface area contributed by atoms with Gasteiger partial charge in [-0.2, -0.15) is 0 Å². The third-order valence-electron chi connectivity index (χ3n) is 11.4. The Balaban J connectivity index is 4.43. The van der Waals surface area contributed by atoms with E-state index in [2.05, 4.69) is 129 Å². The molecule has 0 saturated heterocycles. The molecule has 0 aliphatic heterocycles. The molecule has 0 heterocycles. The van der Waals surface area contributed by atoms with Crippen molar-refractivity contribution in [3.05, 3.63) is 122 Å². The minimum atomic E-state index is -1.65. The van der Waals surface area contributed by atoms with Crippen molar-refractivity contribution in [2.75, 3.05) is 47.5 Å². The Bertz CT molecular complexity index is 1590. The third kappa shape index (κ3) is 53.5. The number of ether oxygens (including phenoxy) is 4. The molecule has 2 atom stereocenters. The zero-order valence-corrected chi connectivity index (χ0v) is 46.2. The highest BCUT2D eigenvalue weighted by atomic mass is 16.7. The van der Waals surface area contributed by atoms with Crippen LogP contribution in [0.25, 0.3) is 0 Å². The number of quaternary nitrogens is 1. The Kier molecular flexibility index (Phi) is 49.8. The smallest absolute Gasteiger partial charge is 0.306 e. The number of carbonyl (C=O) groups is 3. The zero-order valence-electron chi connectivity index (χ0n) is 46.2. The lowest BCUT2D eigenvalue weighted by Gasteiger charge is -2.26. The molecule has 0 aromatic heterocycles. The molecule has 0 fully saturated rings. The third-order valence-corrected chi connectivity index (χ3v) is 11.4. The number of unbranched alkanes of at least 4 members (excludes halogenated alkanes) is 15. The van der Waals surface area contributed by atoms with Crippen LogP contribution in [0.2, 0.25) is 0 Å². The van der Waals surface area contributed by atoms with E-state index < -0.39 is 24.3 Å². The van der Waals surface area contributed by atoms with Crippen molar-refractivity contribution in [2.45, 2.75) is 212 Å². The van der Waals surface area contributed by atoms with Crippen LogP contribution < -0.4 is 5.11 Å². The molecule has 0 spiro atoms. The normalized spacial score (nSPS) is 13.7. The molecular formula is C63H103NO8. The number of hydrogen-bond donors (Lipinski definition) is 0. The van der Waals surface area contributed by atoms with Gasteiger partial charge in [0.2, 0.25) is 0 Å². The molecule has 9 heteroatoms. The lowest BCUT2D eigenvalue weighted by molar-refractivity contribution is -0.870. The number of rotatable bonds is 50. The summed E-state index contributed by atoms with van der Waals surface area (Å²) in [5.41, 5.74) is 0. The lowest BCUT2D eigenvalue weighted by atomic mass is 10.1. The summed E-state index contributed by atoms with van der Waals surface area (Å²) >= 11 is 0. The van der Waals surface area contributed by atoms with Crippen LogP contribution in [0.15, 0.2) is 122 Å². The molecule has 0 aromatic rings. The first-order valence-corrected chi connectivity index (χ1v) is 28.2. The summed E-state index contributed by atoms with van der Waals surface area (Å²) in [5, 5.41) is 11.8. The van der Waals surface area contributed by atoms with E-state index in [0.717, 1.165) is 89.9 Å². The maximum absolute atomic E-state index is 12.8. The number of allylic oxidation sites excluding steroid dienone is 20. The molecule has 0 N–H and O–H groups in total. The van der Waals surface area contributed by atoms with Gasteiger partial charge in [0.1, 0.15) is 13.2 Å². The average molecular weight is 1000 g/mol. The molecule has 0 bridgehead atoms. The largest absolute Gasteiger partial charge is 0.545 e. The number of nitrogens with zero attached hydrogens (tertiary/aromatic N) is 1. The summed E-state index contributed by atoms with van der Waals surface area (Å²) in [6.07, 6.45) is 71.1. The fourth-order valence-corrected chi connectivity index (χ4v) is 7.12. The summed E-state index contributed by atoms with van der Waals surface area (Å²) in [6.45, 7) is 4.54. The van der Waals surface area contributed by atoms with Gasteiger partial charge in [-0.1, -0.05) is 206 Å². The summed E-state index contributed by atoms with van der Waals surface area (Å²) in [4.78, 5) is 37.2. The van der Waals surface area contributed by atoms with E-state index in [9.17, 15) is 19.5 Å². The summed E-state index contributed by atoms with van der Waals surface area (Å²) < 4.78 is 22.6. The molecule has 0 amide bonds. The van der Waals surface area contributed by atoms with E-state index >= 15 is 0 Å². The van der Waals surface area contributed by atoms with Crippen molar-refractivity contribution in [3.63, 3.8) is 0 Å². The molecule has 0 aliphatic rings. The second-order valence-corrected chi connectivity index (χ2v) is 19.5. The fourth-order valence-electron chi connectivity index (χ4n) is 7.12. The Morgan fingerprint density at radius 2 is 0.806 bits per heavy atom. The van der Waals surface area contributed by atoms with E-state index in [1.807, 2.05) is 27.2 Å². The first-order valence-electron chi connectivity index (χ1n) is 28.2. The topological polar surface area (TPSA) is 111 Å². The van der Waals surface area contributed by atoms with E-state index in [4.69, 9.17) is 18.9 Å². The van der Waals surface area contributed by atoms with Crippen LogP contribution >= 0.6 is 0 Å². The van der Waals surface area contributed by atoms with Crippen LogP contribution in [-0.2, 0) is 33.3 Å².